The number of nitrogens with one attached hydrogen (secondary N) is 2. The van der Waals surface area contributed by atoms with E-state index in [0.717, 1.165) is 60.4 Å². The summed E-state index contributed by atoms with van der Waals surface area (Å²) >= 11 is 0. The molecule has 4 rings (SSSR count). The molecule has 0 bridgehead atoms. The van der Waals surface area contributed by atoms with Gasteiger partial charge < -0.3 is 14.8 Å². The Labute approximate surface area is 152 Å². The molecule has 2 N–H and O–H groups in total. The Kier molecular flexibility index (Phi) is 4.51. The van der Waals surface area contributed by atoms with Gasteiger partial charge in [0.2, 0.25) is 0 Å². The minimum atomic E-state index is 0.0114. The molecule has 1 amide bonds. The average molecular weight is 352 g/mol. The van der Waals surface area contributed by atoms with E-state index in [1.54, 1.807) is 0 Å². The van der Waals surface area contributed by atoms with Gasteiger partial charge in [0.1, 0.15) is 5.76 Å². The fourth-order valence-corrected chi connectivity index (χ4v) is 3.65. The molecule has 1 aliphatic heterocycles. The normalized spacial score (nSPS) is 16.2. The lowest BCUT2D eigenvalue weighted by molar-refractivity contribution is 0.0909. The molecule has 3 aromatic rings. The zero-order chi connectivity index (χ0) is 18.1. The summed E-state index contributed by atoms with van der Waals surface area (Å²) in [6, 6.07) is 7.98. The van der Waals surface area contributed by atoms with E-state index in [2.05, 4.69) is 20.4 Å². The average Bonchev–Trinajstić information content (AvgIpc) is 3.24. The predicted molar refractivity (Wildman–Crippen MR) is 100 cm³/mol. The number of hydrogen-bond acceptors (Lipinski definition) is 4. The molecule has 1 aromatic carbocycles. The number of carbonyl (C=O) groups excluding carboxylic acids is 1. The van der Waals surface area contributed by atoms with Crippen LogP contribution in [0.2, 0.25) is 0 Å². The number of nitrogens with zero attached hydrogens (tertiary/aromatic N) is 2. The third-order valence-corrected chi connectivity index (χ3v) is 5.30. The molecular weight excluding hydrogens is 328 g/mol. The molecule has 2 aromatic heterocycles. The number of hydrogen-bond donors (Lipinski definition) is 2. The molecular formula is C20H24N4O2. The minimum Gasteiger partial charge on any atom is -0.361 e. The Balaban J connectivity index is 1.32. The first kappa shape index (κ1) is 16.8. The van der Waals surface area contributed by atoms with Crippen molar-refractivity contribution in [2.45, 2.75) is 39.3 Å². The molecule has 1 aliphatic rings. The van der Waals surface area contributed by atoms with Crippen molar-refractivity contribution in [1.29, 1.82) is 0 Å². The van der Waals surface area contributed by atoms with Gasteiger partial charge in [-0.2, -0.15) is 0 Å². The molecule has 0 saturated carbocycles. The van der Waals surface area contributed by atoms with E-state index in [1.807, 2.05) is 44.3 Å². The zero-order valence-corrected chi connectivity index (χ0v) is 15.2. The van der Waals surface area contributed by atoms with Crippen molar-refractivity contribution in [3.05, 3.63) is 53.0 Å². The lowest BCUT2D eigenvalue weighted by Gasteiger charge is -2.32. The number of amides is 1. The Morgan fingerprint density at radius 2 is 2.12 bits per heavy atom. The Bertz CT molecular complexity index is 899. The molecule has 0 aliphatic carbocycles. The van der Waals surface area contributed by atoms with Gasteiger partial charge in [-0.25, -0.2) is 0 Å². The van der Waals surface area contributed by atoms with Crippen LogP contribution in [0.1, 0.15) is 40.2 Å². The van der Waals surface area contributed by atoms with Crippen LogP contribution in [-0.2, 0) is 6.54 Å². The van der Waals surface area contributed by atoms with E-state index in [0.29, 0.717) is 0 Å². The number of likely N-dealkylation sites (tertiary alicyclic amines) is 1. The van der Waals surface area contributed by atoms with Gasteiger partial charge in [0.05, 0.1) is 5.69 Å². The fraction of sp³-hybridized carbons (Fsp3) is 0.400. The summed E-state index contributed by atoms with van der Waals surface area (Å²) < 4.78 is 5.25. The molecule has 136 valence electrons. The first-order chi connectivity index (χ1) is 12.6. The van der Waals surface area contributed by atoms with Crippen LogP contribution in [-0.4, -0.2) is 40.1 Å². The van der Waals surface area contributed by atoms with Gasteiger partial charge in [-0.15, -0.1) is 0 Å². The van der Waals surface area contributed by atoms with Crippen LogP contribution in [0, 0.1) is 13.8 Å². The van der Waals surface area contributed by atoms with Gasteiger partial charge in [-0.1, -0.05) is 5.16 Å². The molecule has 0 spiro atoms. The third kappa shape index (κ3) is 3.37. The van der Waals surface area contributed by atoms with Crippen molar-refractivity contribution in [2.24, 2.45) is 0 Å². The summed E-state index contributed by atoms with van der Waals surface area (Å²) in [5.74, 6) is 0.912. The summed E-state index contributed by atoms with van der Waals surface area (Å²) in [6.07, 6.45) is 3.81. The molecule has 1 saturated heterocycles. The van der Waals surface area contributed by atoms with E-state index in [1.165, 1.54) is 5.56 Å². The van der Waals surface area contributed by atoms with Gasteiger partial charge in [-0.05, 0) is 51.0 Å². The first-order valence-corrected chi connectivity index (χ1v) is 9.12. The van der Waals surface area contributed by atoms with E-state index < -0.39 is 0 Å². The van der Waals surface area contributed by atoms with Crippen LogP contribution in [0.5, 0.6) is 0 Å². The van der Waals surface area contributed by atoms with E-state index >= 15 is 0 Å². The number of fused-ring (bicyclic) bond motifs is 1. The molecule has 6 heteroatoms. The molecule has 0 radical (unpaired) electrons. The molecule has 3 heterocycles. The highest BCUT2D eigenvalue weighted by molar-refractivity contribution is 5.98. The topological polar surface area (TPSA) is 74.2 Å². The van der Waals surface area contributed by atoms with Gasteiger partial charge >= 0.3 is 0 Å². The maximum absolute atomic E-state index is 12.6. The first-order valence-electron chi connectivity index (χ1n) is 9.12. The highest BCUT2D eigenvalue weighted by Crippen LogP contribution is 2.19. The quantitative estimate of drug-likeness (QED) is 0.756. The second kappa shape index (κ2) is 6.96. The molecule has 0 unspecified atom stereocenters. The third-order valence-electron chi connectivity index (χ3n) is 5.30. The number of benzene rings is 1. The lowest BCUT2D eigenvalue weighted by Crippen LogP contribution is -2.44. The van der Waals surface area contributed by atoms with Gasteiger partial charge in [0.25, 0.3) is 5.91 Å². The van der Waals surface area contributed by atoms with Crippen molar-refractivity contribution in [3.63, 3.8) is 0 Å². The number of H-pyrrole nitrogens is 1. The second-order valence-electron chi connectivity index (χ2n) is 7.11. The van der Waals surface area contributed by atoms with Crippen LogP contribution < -0.4 is 5.32 Å². The van der Waals surface area contributed by atoms with Crippen molar-refractivity contribution in [2.75, 3.05) is 13.1 Å². The monoisotopic (exact) mass is 352 g/mol. The number of aromatic amines is 1. The smallest absolute Gasteiger partial charge is 0.251 e. The van der Waals surface area contributed by atoms with Crippen molar-refractivity contribution >= 4 is 16.8 Å². The summed E-state index contributed by atoms with van der Waals surface area (Å²) in [5.41, 5.74) is 3.93. The van der Waals surface area contributed by atoms with E-state index in [9.17, 15) is 4.79 Å². The summed E-state index contributed by atoms with van der Waals surface area (Å²) in [5, 5.41) is 8.28. The van der Waals surface area contributed by atoms with E-state index in [-0.39, 0.29) is 11.9 Å². The Morgan fingerprint density at radius 3 is 2.85 bits per heavy atom. The number of aromatic nitrogens is 2. The molecule has 0 atom stereocenters. The van der Waals surface area contributed by atoms with Crippen LogP contribution >= 0.6 is 0 Å². The molecule has 6 nitrogen and oxygen atoms in total. The molecule has 1 fully saturated rings. The SMILES string of the molecule is Cc1noc(C)c1CN1CCC(NC(=O)c2ccc3[nH]ccc3c2)CC1. The maximum atomic E-state index is 12.6. The fourth-order valence-electron chi connectivity index (χ4n) is 3.65. The molecule has 26 heavy (non-hydrogen) atoms. The van der Waals surface area contributed by atoms with Crippen molar-refractivity contribution in [3.8, 4) is 0 Å². The number of rotatable bonds is 4. The van der Waals surface area contributed by atoms with Crippen molar-refractivity contribution in [1.82, 2.24) is 20.4 Å². The second-order valence-corrected chi connectivity index (χ2v) is 7.11. The minimum absolute atomic E-state index is 0.0114. The number of piperidine rings is 1. The van der Waals surface area contributed by atoms with Crippen LogP contribution in [0.25, 0.3) is 10.9 Å². The number of carbonyl (C=O) groups is 1. The Morgan fingerprint density at radius 1 is 1.31 bits per heavy atom. The summed E-state index contributed by atoms with van der Waals surface area (Å²) in [4.78, 5) is 18.1. The largest absolute Gasteiger partial charge is 0.361 e. The van der Waals surface area contributed by atoms with Gasteiger partial charge in [-0.3, -0.25) is 9.69 Å². The predicted octanol–water partition coefficient (Wildman–Crippen LogP) is 3.17. The standard InChI is InChI=1S/C20H24N4O2/c1-13-18(14(2)26-23-13)12-24-9-6-17(7-10-24)22-20(25)16-3-4-19-15(11-16)5-8-21-19/h3-5,8,11,17,21H,6-7,9-10,12H2,1-2H3,(H,22,25). The van der Waals surface area contributed by atoms with Gasteiger partial charge in [0.15, 0.2) is 0 Å². The van der Waals surface area contributed by atoms with Crippen LogP contribution in [0.15, 0.2) is 35.0 Å². The summed E-state index contributed by atoms with van der Waals surface area (Å²) in [6.45, 7) is 6.74. The highest BCUT2D eigenvalue weighted by Gasteiger charge is 2.23. The van der Waals surface area contributed by atoms with Crippen LogP contribution in [0.4, 0.5) is 0 Å². The van der Waals surface area contributed by atoms with Gasteiger partial charge in [0, 0.05) is 53.9 Å². The van der Waals surface area contributed by atoms with Crippen LogP contribution in [0.3, 0.4) is 0 Å². The zero-order valence-electron chi connectivity index (χ0n) is 15.2. The van der Waals surface area contributed by atoms with Crippen molar-refractivity contribution < 1.29 is 9.32 Å². The maximum Gasteiger partial charge on any atom is 0.251 e. The Hall–Kier alpha value is -2.60. The van der Waals surface area contributed by atoms with E-state index in [4.69, 9.17) is 4.52 Å². The lowest BCUT2D eigenvalue weighted by atomic mass is 10.0. The number of aryl methyl sites for hydroxylation is 2. The highest BCUT2D eigenvalue weighted by atomic mass is 16.5. The summed E-state index contributed by atoms with van der Waals surface area (Å²) in [7, 11) is 0.